The third-order valence-electron chi connectivity index (χ3n) is 5.81. The molecule has 2 aromatic heterocycles. The van der Waals surface area contributed by atoms with E-state index in [1.165, 1.54) is 38.9 Å². The second-order valence-corrected chi connectivity index (χ2v) is 7.86. The normalized spacial score (nSPS) is 11.1. The molecule has 0 aliphatic rings. The molecule has 0 unspecified atom stereocenters. The van der Waals surface area contributed by atoms with Gasteiger partial charge in [-0.1, -0.05) is 78.9 Å². The molecule has 30 heavy (non-hydrogen) atoms. The van der Waals surface area contributed by atoms with Gasteiger partial charge >= 0.3 is 0 Å². The number of aromatic nitrogens is 2. The number of nitrogens with zero attached hydrogens (tertiary/aromatic N) is 2. The predicted octanol–water partition coefficient (Wildman–Crippen LogP) is 7.04. The maximum Gasteiger partial charge on any atom is 0.0712 e. The molecule has 0 saturated heterocycles. The maximum atomic E-state index is 4.85. The van der Waals surface area contributed by atoms with Gasteiger partial charge in [-0.2, -0.15) is 0 Å². The van der Waals surface area contributed by atoms with Crippen LogP contribution < -0.4 is 0 Å². The fraction of sp³-hybridized carbons (Fsp3) is 0.107. The van der Waals surface area contributed by atoms with Gasteiger partial charge in [0, 0.05) is 28.8 Å². The minimum atomic E-state index is 0.819. The smallest absolute Gasteiger partial charge is 0.0712 e. The molecule has 0 N–H and O–H groups in total. The fourth-order valence-electron chi connectivity index (χ4n) is 4.19. The molecule has 3 aromatic carbocycles. The Hall–Kier alpha value is -3.65. The van der Waals surface area contributed by atoms with Crippen LogP contribution in [0.2, 0.25) is 0 Å². The van der Waals surface area contributed by atoms with Crippen molar-refractivity contribution in [1.29, 1.82) is 0 Å². The number of fused-ring (bicyclic) bond motifs is 1. The van der Waals surface area contributed by atoms with Crippen LogP contribution in [0.4, 0.5) is 0 Å². The van der Waals surface area contributed by atoms with Gasteiger partial charge in [0.25, 0.3) is 0 Å². The maximum absolute atomic E-state index is 4.85. The van der Waals surface area contributed by atoms with Crippen LogP contribution in [-0.2, 0) is 6.54 Å². The monoisotopic (exact) mass is 388 g/mol. The average Bonchev–Trinajstić information content (AvgIpc) is 3.12. The van der Waals surface area contributed by atoms with E-state index in [0.717, 1.165) is 17.8 Å². The highest BCUT2D eigenvalue weighted by Crippen LogP contribution is 2.33. The van der Waals surface area contributed by atoms with Gasteiger partial charge in [0.15, 0.2) is 0 Å². The predicted molar refractivity (Wildman–Crippen MR) is 126 cm³/mol. The molecule has 0 bridgehead atoms. The summed E-state index contributed by atoms with van der Waals surface area (Å²) < 4.78 is 2.39. The molecule has 0 amide bonds. The summed E-state index contributed by atoms with van der Waals surface area (Å²) >= 11 is 0. The summed E-state index contributed by atoms with van der Waals surface area (Å²) in [6, 6.07) is 32.2. The molecule has 2 heteroatoms. The van der Waals surface area contributed by atoms with Gasteiger partial charge in [0.05, 0.1) is 17.4 Å². The van der Waals surface area contributed by atoms with Crippen molar-refractivity contribution in [2.45, 2.75) is 20.4 Å². The lowest BCUT2D eigenvalue weighted by molar-refractivity contribution is 0.842. The van der Waals surface area contributed by atoms with Crippen molar-refractivity contribution < 1.29 is 0 Å². The molecule has 5 rings (SSSR count). The molecule has 0 aliphatic carbocycles. The summed E-state index contributed by atoms with van der Waals surface area (Å²) in [7, 11) is 0. The molecule has 5 aromatic rings. The zero-order valence-corrected chi connectivity index (χ0v) is 17.3. The highest BCUT2D eigenvalue weighted by atomic mass is 15.0. The molecular formula is C28H24N2. The van der Waals surface area contributed by atoms with E-state index >= 15 is 0 Å². The van der Waals surface area contributed by atoms with Gasteiger partial charge in [-0.3, -0.25) is 4.98 Å². The standard InChI is InChI=1S/C28H24N2/c1-20-10-6-8-14-24(20)26-16-23-17-27(25-15-9-7-11-21(25)2)30(28(23)18-29-26)19-22-12-4-3-5-13-22/h3-18H,19H2,1-2H3. The van der Waals surface area contributed by atoms with Crippen LogP contribution >= 0.6 is 0 Å². The van der Waals surface area contributed by atoms with E-state index in [0.29, 0.717) is 0 Å². The number of aryl methyl sites for hydroxylation is 2. The van der Waals surface area contributed by atoms with Crippen molar-refractivity contribution in [3.8, 4) is 22.5 Å². The van der Waals surface area contributed by atoms with Crippen LogP contribution in [0.5, 0.6) is 0 Å². The quantitative estimate of drug-likeness (QED) is 0.323. The fourth-order valence-corrected chi connectivity index (χ4v) is 4.19. The van der Waals surface area contributed by atoms with Crippen LogP contribution in [0.3, 0.4) is 0 Å². The topological polar surface area (TPSA) is 17.8 Å². The third kappa shape index (κ3) is 3.31. The number of rotatable bonds is 4. The molecule has 2 heterocycles. The van der Waals surface area contributed by atoms with Crippen LogP contribution in [-0.4, -0.2) is 9.55 Å². The minimum absolute atomic E-state index is 0.819. The summed E-state index contributed by atoms with van der Waals surface area (Å²) in [5.41, 5.74) is 9.68. The molecule has 2 nitrogen and oxygen atoms in total. The zero-order valence-electron chi connectivity index (χ0n) is 17.3. The van der Waals surface area contributed by atoms with Crippen molar-refractivity contribution in [1.82, 2.24) is 9.55 Å². The van der Waals surface area contributed by atoms with Crippen molar-refractivity contribution >= 4 is 10.9 Å². The molecule has 0 aliphatic heterocycles. The summed E-state index contributed by atoms with van der Waals surface area (Å²) in [6.07, 6.45) is 2.03. The Balaban J connectivity index is 1.71. The zero-order chi connectivity index (χ0) is 20.5. The van der Waals surface area contributed by atoms with E-state index in [4.69, 9.17) is 4.98 Å². The molecular weight excluding hydrogens is 364 g/mol. The van der Waals surface area contributed by atoms with E-state index in [9.17, 15) is 0 Å². The number of pyridine rings is 1. The van der Waals surface area contributed by atoms with E-state index in [-0.39, 0.29) is 0 Å². The summed E-state index contributed by atoms with van der Waals surface area (Å²) in [6.45, 7) is 5.14. The highest BCUT2D eigenvalue weighted by Gasteiger charge is 2.14. The first-order valence-electron chi connectivity index (χ1n) is 10.4. The Kier molecular flexibility index (Phi) is 4.68. The largest absolute Gasteiger partial charge is 0.335 e. The second-order valence-electron chi connectivity index (χ2n) is 7.86. The number of hydrogen-bond acceptors (Lipinski definition) is 1. The van der Waals surface area contributed by atoms with E-state index in [1.54, 1.807) is 0 Å². The van der Waals surface area contributed by atoms with Gasteiger partial charge in [-0.25, -0.2) is 0 Å². The Labute approximate surface area is 177 Å². The minimum Gasteiger partial charge on any atom is -0.335 e. The van der Waals surface area contributed by atoms with Gasteiger partial charge in [-0.05, 0) is 42.7 Å². The van der Waals surface area contributed by atoms with Gasteiger partial charge in [0.2, 0.25) is 0 Å². The molecule has 0 saturated carbocycles. The first-order chi connectivity index (χ1) is 14.7. The van der Waals surface area contributed by atoms with Gasteiger partial charge in [-0.15, -0.1) is 0 Å². The Morgan fingerprint density at radius 3 is 2.03 bits per heavy atom. The average molecular weight is 389 g/mol. The van der Waals surface area contributed by atoms with Crippen LogP contribution in [0.25, 0.3) is 33.4 Å². The van der Waals surface area contributed by atoms with Gasteiger partial charge in [0.1, 0.15) is 0 Å². The van der Waals surface area contributed by atoms with Crippen LogP contribution in [0.15, 0.2) is 97.2 Å². The molecule has 0 radical (unpaired) electrons. The lowest BCUT2D eigenvalue weighted by Crippen LogP contribution is -2.02. The molecule has 0 fully saturated rings. The Morgan fingerprint density at radius 2 is 1.33 bits per heavy atom. The first-order valence-corrected chi connectivity index (χ1v) is 10.4. The second kappa shape index (κ2) is 7.64. The van der Waals surface area contributed by atoms with Crippen LogP contribution in [0.1, 0.15) is 16.7 Å². The lowest BCUT2D eigenvalue weighted by Gasteiger charge is -2.13. The molecule has 0 atom stereocenters. The summed E-state index contributed by atoms with van der Waals surface area (Å²) in [5.74, 6) is 0. The van der Waals surface area contributed by atoms with Crippen molar-refractivity contribution in [3.05, 3.63) is 114 Å². The molecule has 146 valence electrons. The van der Waals surface area contributed by atoms with E-state index in [2.05, 4.69) is 109 Å². The number of benzene rings is 3. The summed E-state index contributed by atoms with van der Waals surface area (Å²) in [5, 5.41) is 1.22. The number of hydrogen-bond donors (Lipinski definition) is 0. The van der Waals surface area contributed by atoms with Crippen LogP contribution in [0, 0.1) is 13.8 Å². The van der Waals surface area contributed by atoms with Crippen molar-refractivity contribution in [2.75, 3.05) is 0 Å². The first kappa shape index (κ1) is 18.4. The summed E-state index contributed by atoms with van der Waals surface area (Å²) in [4.78, 5) is 4.85. The lowest BCUT2D eigenvalue weighted by atomic mass is 10.0. The highest BCUT2D eigenvalue weighted by molar-refractivity contribution is 5.90. The van der Waals surface area contributed by atoms with E-state index in [1.807, 2.05) is 6.20 Å². The van der Waals surface area contributed by atoms with Crippen molar-refractivity contribution in [3.63, 3.8) is 0 Å². The Morgan fingerprint density at radius 1 is 0.700 bits per heavy atom. The Bertz CT molecular complexity index is 1330. The SMILES string of the molecule is Cc1ccccc1-c1cc2cc(-c3ccccc3C)n(Cc3ccccc3)c2cn1. The van der Waals surface area contributed by atoms with Gasteiger partial charge < -0.3 is 4.57 Å². The van der Waals surface area contributed by atoms with E-state index < -0.39 is 0 Å². The van der Waals surface area contributed by atoms with Crippen molar-refractivity contribution in [2.24, 2.45) is 0 Å². The molecule has 0 spiro atoms. The third-order valence-corrected chi connectivity index (χ3v) is 5.81.